The van der Waals surface area contributed by atoms with Crippen LogP contribution in [0.15, 0.2) is 48.5 Å². The van der Waals surface area contributed by atoms with Gasteiger partial charge in [0.2, 0.25) is 5.91 Å². The summed E-state index contributed by atoms with van der Waals surface area (Å²) in [4.78, 5) is 17.8. The van der Waals surface area contributed by atoms with Gasteiger partial charge in [0.05, 0.1) is 6.67 Å². The fourth-order valence-electron chi connectivity index (χ4n) is 5.62. The lowest BCUT2D eigenvalue weighted by Gasteiger charge is -2.46. The molecule has 5 rings (SSSR count). The molecule has 29 heavy (non-hydrogen) atoms. The van der Waals surface area contributed by atoms with Gasteiger partial charge in [-0.1, -0.05) is 36.4 Å². The second kappa shape index (κ2) is 8.00. The molecule has 0 aromatic heterocycles. The first-order valence-electron chi connectivity index (χ1n) is 10.6. The van der Waals surface area contributed by atoms with E-state index in [9.17, 15) is 4.79 Å². The molecule has 3 aliphatic rings. The zero-order valence-electron chi connectivity index (χ0n) is 17.1. The van der Waals surface area contributed by atoms with Crippen molar-refractivity contribution in [1.29, 1.82) is 0 Å². The van der Waals surface area contributed by atoms with Crippen molar-refractivity contribution in [2.24, 2.45) is 0 Å². The molecule has 2 aliphatic heterocycles. The Morgan fingerprint density at radius 3 is 2.55 bits per heavy atom. The molecule has 154 valence electrons. The fourth-order valence-corrected chi connectivity index (χ4v) is 5.62. The lowest BCUT2D eigenvalue weighted by Crippen LogP contribution is -2.57. The lowest BCUT2D eigenvalue weighted by atomic mass is 9.81. The van der Waals surface area contributed by atoms with Crippen molar-refractivity contribution in [1.82, 2.24) is 10.2 Å². The van der Waals surface area contributed by atoms with Crippen LogP contribution in [-0.4, -0.2) is 36.1 Å². The van der Waals surface area contributed by atoms with Crippen LogP contribution >= 0.6 is 12.4 Å². The molecule has 2 aromatic carbocycles. The second-order valence-electron chi connectivity index (χ2n) is 8.55. The van der Waals surface area contributed by atoms with Gasteiger partial charge >= 0.3 is 0 Å². The molecule has 1 aliphatic carbocycles. The molecule has 0 bridgehead atoms. The Bertz CT molecular complexity index is 877. The Morgan fingerprint density at radius 1 is 1.03 bits per heavy atom. The summed E-state index contributed by atoms with van der Waals surface area (Å²) in [5.41, 5.74) is 5.28. The zero-order valence-corrected chi connectivity index (χ0v) is 17.9. The minimum Gasteiger partial charge on any atom is -0.339 e. The molecule has 1 spiro atoms. The number of piperidine rings is 1. The van der Waals surface area contributed by atoms with Crippen molar-refractivity contribution in [3.8, 4) is 0 Å². The largest absolute Gasteiger partial charge is 0.339 e. The van der Waals surface area contributed by atoms with Crippen LogP contribution in [0.1, 0.15) is 48.4 Å². The molecule has 2 heterocycles. The summed E-state index contributed by atoms with van der Waals surface area (Å²) < 4.78 is 0. The van der Waals surface area contributed by atoms with Gasteiger partial charge in [0.1, 0.15) is 5.54 Å². The fraction of sp³-hybridized carbons (Fsp3) is 0.458. The highest BCUT2D eigenvalue weighted by Crippen LogP contribution is 2.41. The number of nitrogens with one attached hydrogen (secondary N) is 1. The van der Waals surface area contributed by atoms with E-state index in [0.29, 0.717) is 12.7 Å². The third-order valence-corrected chi connectivity index (χ3v) is 7.18. The Labute approximate surface area is 179 Å². The molecule has 1 amide bonds. The van der Waals surface area contributed by atoms with Crippen LogP contribution < -0.4 is 10.2 Å². The highest BCUT2D eigenvalue weighted by Gasteiger charge is 2.51. The number of nitrogens with zero attached hydrogens (tertiary/aromatic N) is 2. The van der Waals surface area contributed by atoms with Gasteiger partial charge in [0.15, 0.2) is 0 Å². The van der Waals surface area contributed by atoms with E-state index < -0.39 is 0 Å². The van der Waals surface area contributed by atoms with Crippen molar-refractivity contribution in [2.75, 3.05) is 24.7 Å². The van der Waals surface area contributed by atoms with Crippen molar-refractivity contribution in [3.63, 3.8) is 0 Å². The standard InChI is InChI=1S/C24H29N3O.ClH/c1-18-7-5-11-21-20(18)10-6-12-22(21)26-15-13-24(14-16-26)23(28)25-17-27(24)19-8-3-2-4-9-19;/h2-5,7-9,11,22H,6,10,12-17H2,1H3,(H,25,28);1H. The van der Waals surface area contributed by atoms with Crippen molar-refractivity contribution < 1.29 is 4.79 Å². The number of carbonyl (C=O) groups is 1. The van der Waals surface area contributed by atoms with Crippen LogP contribution in [0.3, 0.4) is 0 Å². The maximum Gasteiger partial charge on any atom is 0.247 e. The van der Waals surface area contributed by atoms with Gasteiger partial charge < -0.3 is 10.2 Å². The predicted octanol–water partition coefficient (Wildman–Crippen LogP) is 4.22. The number of para-hydroxylation sites is 1. The highest BCUT2D eigenvalue weighted by atomic mass is 35.5. The van der Waals surface area contributed by atoms with E-state index in [2.05, 4.69) is 64.5 Å². The molecule has 2 aromatic rings. The van der Waals surface area contributed by atoms with Crippen molar-refractivity contribution in [3.05, 3.63) is 65.2 Å². The summed E-state index contributed by atoms with van der Waals surface area (Å²) in [7, 11) is 0. The Balaban J connectivity index is 0.00000205. The number of aryl methyl sites for hydroxylation is 1. The van der Waals surface area contributed by atoms with E-state index in [0.717, 1.165) is 31.6 Å². The summed E-state index contributed by atoms with van der Waals surface area (Å²) >= 11 is 0. The van der Waals surface area contributed by atoms with Gasteiger partial charge in [-0.15, -0.1) is 12.4 Å². The number of halogens is 1. The summed E-state index contributed by atoms with van der Waals surface area (Å²) in [5.74, 6) is 0.205. The molecular formula is C24H30ClN3O. The van der Waals surface area contributed by atoms with Crippen LogP contribution in [0.25, 0.3) is 0 Å². The summed E-state index contributed by atoms with van der Waals surface area (Å²) in [6.07, 6.45) is 5.50. The predicted molar refractivity (Wildman–Crippen MR) is 120 cm³/mol. The van der Waals surface area contributed by atoms with Gasteiger partial charge in [0, 0.05) is 24.8 Å². The Hall–Kier alpha value is -2.04. The molecule has 1 unspecified atom stereocenters. The van der Waals surface area contributed by atoms with Gasteiger partial charge in [-0.25, -0.2) is 0 Å². The number of amides is 1. The van der Waals surface area contributed by atoms with E-state index in [-0.39, 0.29) is 23.9 Å². The molecule has 0 radical (unpaired) electrons. The topological polar surface area (TPSA) is 35.6 Å². The van der Waals surface area contributed by atoms with E-state index >= 15 is 0 Å². The number of benzene rings is 2. The van der Waals surface area contributed by atoms with Crippen LogP contribution in [0.2, 0.25) is 0 Å². The normalized spacial score (nSPS) is 23.4. The number of hydrogen-bond acceptors (Lipinski definition) is 3. The van der Waals surface area contributed by atoms with E-state index in [1.807, 2.05) is 6.07 Å². The summed E-state index contributed by atoms with van der Waals surface area (Å²) in [6.45, 7) is 4.82. The average molecular weight is 412 g/mol. The molecule has 2 saturated heterocycles. The van der Waals surface area contributed by atoms with Gasteiger partial charge in [-0.2, -0.15) is 0 Å². The molecule has 4 nitrogen and oxygen atoms in total. The van der Waals surface area contributed by atoms with Gasteiger partial charge in [0.25, 0.3) is 0 Å². The third-order valence-electron chi connectivity index (χ3n) is 7.18. The van der Waals surface area contributed by atoms with Crippen LogP contribution in [0, 0.1) is 6.92 Å². The molecule has 5 heteroatoms. The highest BCUT2D eigenvalue weighted by molar-refractivity contribution is 5.93. The number of fused-ring (bicyclic) bond motifs is 1. The first-order chi connectivity index (χ1) is 13.7. The summed E-state index contributed by atoms with van der Waals surface area (Å²) in [5, 5.41) is 3.11. The summed E-state index contributed by atoms with van der Waals surface area (Å²) in [6, 6.07) is 17.7. The molecular weight excluding hydrogens is 382 g/mol. The minimum absolute atomic E-state index is 0. The van der Waals surface area contributed by atoms with Gasteiger partial charge in [-0.3, -0.25) is 9.69 Å². The van der Waals surface area contributed by atoms with Crippen molar-refractivity contribution >= 4 is 24.0 Å². The first-order valence-corrected chi connectivity index (χ1v) is 10.6. The molecule has 1 atom stereocenters. The third kappa shape index (κ3) is 3.32. The molecule has 1 N–H and O–H groups in total. The van der Waals surface area contributed by atoms with Gasteiger partial charge in [-0.05, 0) is 67.9 Å². The van der Waals surface area contributed by atoms with Crippen LogP contribution in [0.5, 0.6) is 0 Å². The minimum atomic E-state index is -0.387. The SMILES string of the molecule is Cc1cccc2c1CCCC2N1CCC2(CC1)C(=O)NCN2c1ccccc1.Cl. The molecule has 2 fully saturated rings. The Morgan fingerprint density at radius 2 is 1.79 bits per heavy atom. The number of anilines is 1. The van der Waals surface area contributed by atoms with E-state index in [4.69, 9.17) is 0 Å². The monoisotopic (exact) mass is 411 g/mol. The lowest BCUT2D eigenvalue weighted by molar-refractivity contribution is -0.125. The number of hydrogen-bond donors (Lipinski definition) is 1. The number of carbonyl (C=O) groups excluding carboxylic acids is 1. The van der Waals surface area contributed by atoms with Crippen LogP contribution in [-0.2, 0) is 11.2 Å². The maximum absolute atomic E-state index is 12.9. The quantitative estimate of drug-likeness (QED) is 0.803. The number of rotatable bonds is 2. The average Bonchev–Trinajstić information content (AvgIpc) is 3.05. The maximum atomic E-state index is 12.9. The van der Waals surface area contributed by atoms with E-state index in [1.165, 1.54) is 30.4 Å². The van der Waals surface area contributed by atoms with Crippen molar-refractivity contribution in [2.45, 2.75) is 50.6 Å². The van der Waals surface area contributed by atoms with E-state index in [1.54, 1.807) is 5.56 Å². The Kier molecular flexibility index (Phi) is 5.58. The van der Waals surface area contributed by atoms with Crippen LogP contribution in [0.4, 0.5) is 5.69 Å². The molecule has 0 saturated carbocycles. The zero-order chi connectivity index (χ0) is 19.1. The smallest absolute Gasteiger partial charge is 0.247 e. The first kappa shape index (κ1) is 20.2. The number of likely N-dealkylation sites (tertiary alicyclic amines) is 1. The second-order valence-corrected chi connectivity index (χ2v) is 8.55.